The Labute approximate surface area is 108 Å². The predicted molar refractivity (Wildman–Crippen MR) is 72.5 cm³/mol. The number of para-hydroxylation sites is 1. The Morgan fingerprint density at radius 1 is 1.19 bits per heavy atom. The normalized spacial score (nSPS) is 10.4. The third kappa shape index (κ3) is 2.61. The molecule has 1 aromatic heterocycles. The Kier molecular flexibility index (Phi) is 3.59. The standard InChI is InChI=1S/C11H10Cl2N2S/c12-8-2-1-3-9(11(8)14)15-6-7-4-5-10(13)16-7/h1-5,15H,6,14H2. The highest BCUT2D eigenvalue weighted by atomic mass is 35.5. The number of benzene rings is 1. The van der Waals surface area contributed by atoms with Gasteiger partial charge in [-0.25, -0.2) is 0 Å². The highest BCUT2D eigenvalue weighted by molar-refractivity contribution is 7.16. The van der Waals surface area contributed by atoms with Gasteiger partial charge in [0.05, 0.1) is 20.7 Å². The zero-order chi connectivity index (χ0) is 11.5. The van der Waals surface area contributed by atoms with Crippen LogP contribution < -0.4 is 11.1 Å². The zero-order valence-electron chi connectivity index (χ0n) is 8.34. The van der Waals surface area contributed by atoms with Crippen molar-refractivity contribution in [3.05, 3.63) is 44.6 Å². The molecule has 0 bridgehead atoms. The van der Waals surface area contributed by atoms with Crippen LogP contribution >= 0.6 is 34.5 Å². The van der Waals surface area contributed by atoms with Gasteiger partial charge in [-0.1, -0.05) is 29.3 Å². The van der Waals surface area contributed by atoms with Crippen LogP contribution in [0.4, 0.5) is 11.4 Å². The molecule has 0 atom stereocenters. The Morgan fingerprint density at radius 3 is 2.69 bits per heavy atom. The van der Waals surface area contributed by atoms with Crippen LogP contribution in [0.3, 0.4) is 0 Å². The molecule has 0 aliphatic rings. The molecule has 0 saturated heterocycles. The second-order valence-corrected chi connectivity index (χ2v) is 5.47. The number of rotatable bonds is 3. The first-order chi connectivity index (χ1) is 7.66. The molecule has 84 valence electrons. The van der Waals surface area contributed by atoms with Crippen LogP contribution in [0.5, 0.6) is 0 Å². The van der Waals surface area contributed by atoms with Gasteiger partial charge in [-0.15, -0.1) is 11.3 Å². The number of nitrogens with one attached hydrogen (secondary N) is 1. The van der Waals surface area contributed by atoms with Crippen LogP contribution in [0.2, 0.25) is 9.36 Å². The molecule has 0 aliphatic heterocycles. The van der Waals surface area contributed by atoms with E-state index in [9.17, 15) is 0 Å². The summed E-state index contributed by atoms with van der Waals surface area (Å²) in [5.74, 6) is 0. The summed E-state index contributed by atoms with van der Waals surface area (Å²) in [4.78, 5) is 1.16. The smallest absolute Gasteiger partial charge is 0.0931 e. The number of thiophene rings is 1. The summed E-state index contributed by atoms with van der Waals surface area (Å²) in [6, 6.07) is 9.40. The maximum Gasteiger partial charge on any atom is 0.0931 e. The van der Waals surface area contributed by atoms with Crippen molar-refractivity contribution in [1.29, 1.82) is 0 Å². The molecule has 5 heteroatoms. The minimum absolute atomic E-state index is 0.564. The summed E-state index contributed by atoms with van der Waals surface area (Å²) in [5.41, 5.74) is 7.26. The van der Waals surface area contributed by atoms with Gasteiger partial charge in [0.2, 0.25) is 0 Å². The first-order valence-corrected chi connectivity index (χ1v) is 6.26. The summed E-state index contributed by atoms with van der Waals surface area (Å²) in [6.45, 7) is 0.696. The lowest BCUT2D eigenvalue weighted by Gasteiger charge is -2.08. The van der Waals surface area contributed by atoms with Crippen molar-refractivity contribution in [1.82, 2.24) is 0 Å². The molecule has 0 spiro atoms. The molecule has 0 radical (unpaired) electrons. The molecule has 2 aromatic rings. The van der Waals surface area contributed by atoms with Gasteiger partial charge in [0.25, 0.3) is 0 Å². The van der Waals surface area contributed by atoms with E-state index >= 15 is 0 Å². The molecule has 0 fully saturated rings. The van der Waals surface area contributed by atoms with E-state index in [-0.39, 0.29) is 0 Å². The second kappa shape index (κ2) is 4.95. The molecule has 1 heterocycles. The molecule has 16 heavy (non-hydrogen) atoms. The van der Waals surface area contributed by atoms with Crippen molar-refractivity contribution in [2.24, 2.45) is 0 Å². The van der Waals surface area contributed by atoms with Crippen molar-refractivity contribution in [2.45, 2.75) is 6.54 Å². The van der Waals surface area contributed by atoms with Crippen molar-refractivity contribution < 1.29 is 0 Å². The van der Waals surface area contributed by atoms with Crippen LogP contribution in [0, 0.1) is 0 Å². The molecule has 0 saturated carbocycles. The number of halogens is 2. The van der Waals surface area contributed by atoms with Gasteiger partial charge in [-0.2, -0.15) is 0 Å². The van der Waals surface area contributed by atoms with Crippen molar-refractivity contribution in [2.75, 3.05) is 11.1 Å². The van der Waals surface area contributed by atoms with Crippen molar-refractivity contribution in [3.8, 4) is 0 Å². The number of hydrogen-bond acceptors (Lipinski definition) is 3. The molecule has 1 aromatic carbocycles. The van der Waals surface area contributed by atoms with E-state index in [0.29, 0.717) is 17.3 Å². The van der Waals surface area contributed by atoms with Crippen molar-refractivity contribution in [3.63, 3.8) is 0 Å². The maximum atomic E-state index is 5.92. The highest BCUT2D eigenvalue weighted by Gasteiger charge is 2.03. The third-order valence-electron chi connectivity index (χ3n) is 2.13. The predicted octanol–water partition coefficient (Wildman–Crippen LogP) is 4.25. The average Bonchev–Trinajstić information content (AvgIpc) is 2.67. The Bertz CT molecular complexity index is 496. The monoisotopic (exact) mass is 272 g/mol. The van der Waals surface area contributed by atoms with E-state index in [2.05, 4.69) is 5.32 Å². The summed E-state index contributed by atoms with van der Waals surface area (Å²) >= 11 is 13.3. The van der Waals surface area contributed by atoms with Gasteiger partial charge >= 0.3 is 0 Å². The van der Waals surface area contributed by atoms with E-state index in [0.717, 1.165) is 14.9 Å². The number of hydrogen-bond donors (Lipinski definition) is 2. The third-order valence-corrected chi connectivity index (χ3v) is 3.70. The summed E-state index contributed by atoms with van der Waals surface area (Å²) < 4.78 is 0.788. The largest absolute Gasteiger partial charge is 0.396 e. The van der Waals surface area contributed by atoms with Crippen LogP contribution in [0.1, 0.15) is 4.88 Å². The molecular formula is C11H10Cl2N2S. The highest BCUT2D eigenvalue weighted by Crippen LogP contribution is 2.28. The van der Waals surface area contributed by atoms with Crippen molar-refractivity contribution >= 4 is 45.9 Å². The average molecular weight is 273 g/mol. The van der Waals surface area contributed by atoms with Gasteiger partial charge < -0.3 is 11.1 Å². The van der Waals surface area contributed by atoms with Crippen LogP contribution in [0.15, 0.2) is 30.3 Å². The Balaban J connectivity index is 2.07. The van der Waals surface area contributed by atoms with Gasteiger partial charge in [-0.3, -0.25) is 0 Å². The number of nitrogen functional groups attached to an aromatic ring is 1. The molecule has 0 amide bonds. The van der Waals surface area contributed by atoms with E-state index in [4.69, 9.17) is 28.9 Å². The van der Waals surface area contributed by atoms with Gasteiger partial charge in [0.15, 0.2) is 0 Å². The van der Waals surface area contributed by atoms with Crippen LogP contribution in [-0.2, 0) is 6.54 Å². The summed E-state index contributed by atoms with van der Waals surface area (Å²) in [7, 11) is 0. The SMILES string of the molecule is Nc1c(Cl)cccc1NCc1ccc(Cl)s1. The van der Waals surface area contributed by atoms with Gasteiger partial charge in [-0.05, 0) is 24.3 Å². The molecule has 2 rings (SSSR count). The first-order valence-electron chi connectivity index (χ1n) is 4.69. The topological polar surface area (TPSA) is 38.0 Å². The number of anilines is 2. The summed E-state index contributed by atoms with van der Waals surface area (Å²) in [6.07, 6.45) is 0. The van der Waals surface area contributed by atoms with E-state index in [1.807, 2.05) is 24.3 Å². The molecule has 0 aliphatic carbocycles. The van der Waals surface area contributed by atoms with E-state index in [1.54, 1.807) is 17.4 Å². The second-order valence-electron chi connectivity index (χ2n) is 3.26. The minimum atomic E-state index is 0.564. The lowest BCUT2D eigenvalue weighted by molar-refractivity contribution is 1.19. The lowest BCUT2D eigenvalue weighted by Crippen LogP contribution is -2.01. The molecule has 3 N–H and O–H groups in total. The van der Waals surface area contributed by atoms with Crippen LogP contribution in [0.25, 0.3) is 0 Å². The first kappa shape index (κ1) is 11.6. The fraction of sp³-hybridized carbons (Fsp3) is 0.0909. The van der Waals surface area contributed by atoms with Gasteiger partial charge in [0, 0.05) is 11.4 Å². The fourth-order valence-electron chi connectivity index (χ4n) is 1.32. The molecular weight excluding hydrogens is 263 g/mol. The van der Waals surface area contributed by atoms with E-state index in [1.165, 1.54) is 0 Å². The maximum absolute atomic E-state index is 5.92. The minimum Gasteiger partial charge on any atom is -0.396 e. The Hall–Kier alpha value is -0.900. The lowest BCUT2D eigenvalue weighted by atomic mass is 10.2. The van der Waals surface area contributed by atoms with Crippen LogP contribution in [-0.4, -0.2) is 0 Å². The summed E-state index contributed by atoms with van der Waals surface area (Å²) in [5, 5.41) is 3.79. The van der Waals surface area contributed by atoms with Gasteiger partial charge in [0.1, 0.15) is 0 Å². The number of nitrogens with two attached hydrogens (primary N) is 1. The van der Waals surface area contributed by atoms with E-state index < -0.39 is 0 Å². The quantitative estimate of drug-likeness (QED) is 0.820. The Morgan fingerprint density at radius 2 is 2.00 bits per heavy atom. The fourth-order valence-corrected chi connectivity index (χ4v) is 2.52. The molecule has 2 nitrogen and oxygen atoms in total. The molecule has 0 unspecified atom stereocenters. The zero-order valence-corrected chi connectivity index (χ0v) is 10.7.